The predicted molar refractivity (Wildman–Crippen MR) is 138 cm³/mol. The molecule has 8 nitrogen and oxygen atoms in total. The first-order chi connectivity index (χ1) is 17.3. The van der Waals surface area contributed by atoms with E-state index in [2.05, 4.69) is 15.4 Å². The van der Waals surface area contributed by atoms with Crippen LogP contribution in [0.25, 0.3) is 0 Å². The molecule has 2 aliphatic rings. The molecule has 2 unspecified atom stereocenters. The maximum absolute atomic E-state index is 13.5. The average Bonchev–Trinajstić information content (AvgIpc) is 3.51. The number of aryl methyl sites for hydroxylation is 2. The van der Waals surface area contributed by atoms with Crippen molar-refractivity contribution in [1.29, 1.82) is 0 Å². The summed E-state index contributed by atoms with van der Waals surface area (Å²) in [7, 11) is 3.62. The topological polar surface area (TPSA) is 105 Å². The fourth-order valence-electron chi connectivity index (χ4n) is 6.37. The second-order valence-corrected chi connectivity index (χ2v) is 11.8. The molecule has 198 valence electrons. The van der Waals surface area contributed by atoms with E-state index < -0.39 is 17.0 Å². The van der Waals surface area contributed by atoms with Gasteiger partial charge in [-0.15, -0.1) is 0 Å². The monoisotopic (exact) mass is 529 g/mol. The number of nitrogens with zero attached hydrogens (tertiary/aromatic N) is 4. The molecule has 0 saturated heterocycles. The highest BCUT2D eigenvalue weighted by molar-refractivity contribution is 6.31. The number of carbonyl (C=O) groups excluding carboxylic acids is 1. The predicted octanol–water partition coefficient (Wildman–Crippen LogP) is 4.30. The largest absolute Gasteiger partial charge is 0.390 e. The van der Waals surface area contributed by atoms with Crippen LogP contribution in [0, 0.1) is 17.7 Å². The Kier molecular flexibility index (Phi) is 6.45. The van der Waals surface area contributed by atoms with E-state index >= 15 is 0 Å². The molecular weight excluding hydrogens is 497 g/mol. The normalized spacial score (nSPS) is 25.5. The van der Waals surface area contributed by atoms with Crippen molar-refractivity contribution in [3.05, 3.63) is 64.2 Å². The van der Waals surface area contributed by atoms with Gasteiger partial charge in [0, 0.05) is 32.1 Å². The third-order valence-corrected chi connectivity index (χ3v) is 8.10. The molecule has 2 fully saturated rings. The van der Waals surface area contributed by atoms with Crippen molar-refractivity contribution in [1.82, 2.24) is 19.3 Å². The SMILES string of the molecule is Cn1cnc(C2CC3CC(O)(c4cc(CC(C)(C)O)nn4C)CC3C2)c1C(=O)Nc1ccc(F)c(Cl)c1. The molecule has 2 aliphatic carbocycles. The fraction of sp³-hybridized carbons (Fsp3) is 0.519. The maximum atomic E-state index is 13.5. The second kappa shape index (κ2) is 9.22. The molecule has 1 aromatic carbocycles. The van der Waals surface area contributed by atoms with E-state index in [1.807, 2.05) is 13.1 Å². The van der Waals surface area contributed by atoms with Crippen LogP contribution in [0.5, 0.6) is 0 Å². The summed E-state index contributed by atoms with van der Waals surface area (Å²) in [5, 5.41) is 29.1. The number of fused-ring (bicyclic) bond motifs is 1. The van der Waals surface area contributed by atoms with E-state index in [9.17, 15) is 19.4 Å². The Morgan fingerprint density at radius 1 is 1.24 bits per heavy atom. The van der Waals surface area contributed by atoms with Crippen LogP contribution in [0.4, 0.5) is 10.1 Å². The van der Waals surface area contributed by atoms with Crippen LogP contribution in [0.15, 0.2) is 30.6 Å². The fourth-order valence-corrected chi connectivity index (χ4v) is 6.56. The highest BCUT2D eigenvalue weighted by atomic mass is 35.5. The zero-order valence-corrected chi connectivity index (χ0v) is 22.3. The molecule has 3 aromatic rings. The summed E-state index contributed by atoms with van der Waals surface area (Å²) >= 11 is 5.87. The number of benzene rings is 1. The maximum Gasteiger partial charge on any atom is 0.274 e. The van der Waals surface area contributed by atoms with Crippen molar-refractivity contribution in [2.24, 2.45) is 25.9 Å². The molecule has 3 N–H and O–H groups in total. The van der Waals surface area contributed by atoms with E-state index in [-0.39, 0.29) is 16.8 Å². The minimum atomic E-state index is -0.966. The minimum absolute atomic E-state index is 0.0558. The van der Waals surface area contributed by atoms with Crippen LogP contribution >= 0.6 is 11.6 Å². The van der Waals surface area contributed by atoms with Crippen LogP contribution in [0.3, 0.4) is 0 Å². The zero-order valence-electron chi connectivity index (χ0n) is 21.5. The number of amides is 1. The summed E-state index contributed by atoms with van der Waals surface area (Å²) in [6.07, 6.45) is 4.98. The van der Waals surface area contributed by atoms with Gasteiger partial charge in [-0.1, -0.05) is 11.6 Å². The zero-order chi connectivity index (χ0) is 26.7. The van der Waals surface area contributed by atoms with E-state index in [4.69, 9.17) is 11.6 Å². The van der Waals surface area contributed by atoms with Crippen molar-refractivity contribution in [2.45, 2.75) is 63.1 Å². The van der Waals surface area contributed by atoms with E-state index in [0.717, 1.165) is 29.9 Å². The third kappa shape index (κ3) is 5.04. The molecule has 0 bridgehead atoms. The molecule has 10 heteroatoms. The Morgan fingerprint density at radius 2 is 1.92 bits per heavy atom. The van der Waals surface area contributed by atoms with Gasteiger partial charge in [-0.3, -0.25) is 9.48 Å². The summed E-state index contributed by atoms with van der Waals surface area (Å²) in [4.78, 5) is 17.7. The number of aromatic nitrogens is 4. The molecule has 0 radical (unpaired) electrons. The van der Waals surface area contributed by atoms with Gasteiger partial charge in [-0.05, 0) is 75.6 Å². The summed E-state index contributed by atoms with van der Waals surface area (Å²) < 4.78 is 17.0. The Balaban J connectivity index is 1.30. The van der Waals surface area contributed by atoms with Gasteiger partial charge >= 0.3 is 0 Å². The lowest BCUT2D eigenvalue weighted by Gasteiger charge is -2.25. The van der Waals surface area contributed by atoms with Crippen molar-refractivity contribution in [3.63, 3.8) is 0 Å². The number of carbonyl (C=O) groups is 1. The van der Waals surface area contributed by atoms with Gasteiger partial charge in [0.05, 0.1) is 34.0 Å². The highest BCUT2D eigenvalue weighted by Gasteiger charge is 2.51. The first-order valence-corrected chi connectivity index (χ1v) is 13.0. The summed E-state index contributed by atoms with van der Waals surface area (Å²) in [6, 6.07) is 6.00. The van der Waals surface area contributed by atoms with Gasteiger partial charge in [0.15, 0.2) is 0 Å². The number of rotatable bonds is 6. The number of hydrogen-bond donors (Lipinski definition) is 3. The van der Waals surface area contributed by atoms with Crippen LogP contribution in [-0.2, 0) is 26.1 Å². The molecule has 2 saturated carbocycles. The summed E-state index contributed by atoms with van der Waals surface area (Å²) in [6.45, 7) is 3.49. The Bertz CT molecular complexity index is 1330. The van der Waals surface area contributed by atoms with Crippen LogP contribution in [0.2, 0.25) is 5.02 Å². The number of anilines is 1. The second-order valence-electron chi connectivity index (χ2n) is 11.4. The molecule has 2 aromatic heterocycles. The molecule has 37 heavy (non-hydrogen) atoms. The molecular formula is C27H33ClFN5O3. The first-order valence-electron chi connectivity index (χ1n) is 12.6. The number of aliphatic hydroxyl groups is 2. The highest BCUT2D eigenvalue weighted by Crippen LogP contribution is 2.56. The van der Waals surface area contributed by atoms with Gasteiger partial charge < -0.3 is 20.1 Å². The standard InChI is InChI=1S/C27H33ClFN5O3/c1-26(2,36)13-19-10-22(34(4)32-19)27(37)11-16-7-15(8-17(16)12-27)23-24(33(3)14-30-23)25(35)31-18-5-6-21(29)20(28)9-18/h5-6,9-10,14-17,36-37H,7-8,11-13H2,1-4H3,(H,31,35). The quantitative estimate of drug-likeness (QED) is 0.441. The summed E-state index contributed by atoms with van der Waals surface area (Å²) in [5.41, 5.74) is 1.35. The summed E-state index contributed by atoms with van der Waals surface area (Å²) in [5.74, 6) is -0.151. The molecule has 2 atom stereocenters. The van der Waals surface area contributed by atoms with Gasteiger partial charge in [-0.25, -0.2) is 9.37 Å². The number of hydrogen-bond acceptors (Lipinski definition) is 5. The lowest BCUT2D eigenvalue weighted by atomic mass is 9.89. The van der Waals surface area contributed by atoms with E-state index in [1.165, 1.54) is 18.2 Å². The van der Waals surface area contributed by atoms with E-state index in [0.29, 0.717) is 42.5 Å². The van der Waals surface area contributed by atoms with Crippen molar-refractivity contribution < 1.29 is 19.4 Å². The Morgan fingerprint density at radius 3 is 2.54 bits per heavy atom. The van der Waals surface area contributed by atoms with Gasteiger partial charge in [0.1, 0.15) is 17.1 Å². The van der Waals surface area contributed by atoms with Crippen molar-refractivity contribution in [2.75, 3.05) is 5.32 Å². The van der Waals surface area contributed by atoms with Crippen LogP contribution in [0.1, 0.15) is 73.0 Å². The lowest BCUT2D eigenvalue weighted by Crippen LogP contribution is -2.26. The van der Waals surface area contributed by atoms with Crippen molar-refractivity contribution >= 4 is 23.2 Å². The van der Waals surface area contributed by atoms with Gasteiger partial charge in [0.25, 0.3) is 5.91 Å². The van der Waals surface area contributed by atoms with E-state index in [1.54, 1.807) is 36.5 Å². The Labute approximate surface area is 220 Å². The van der Waals surface area contributed by atoms with Crippen LogP contribution < -0.4 is 5.32 Å². The third-order valence-electron chi connectivity index (χ3n) is 7.81. The molecule has 5 rings (SSSR count). The van der Waals surface area contributed by atoms with Crippen molar-refractivity contribution in [3.8, 4) is 0 Å². The minimum Gasteiger partial charge on any atom is -0.390 e. The number of halogens is 2. The first kappa shape index (κ1) is 25.9. The molecule has 1 amide bonds. The lowest BCUT2D eigenvalue weighted by molar-refractivity contribution is 0.0263. The van der Waals surface area contributed by atoms with Gasteiger partial charge in [0.2, 0.25) is 0 Å². The smallest absolute Gasteiger partial charge is 0.274 e. The van der Waals surface area contributed by atoms with Gasteiger partial charge in [-0.2, -0.15) is 5.10 Å². The molecule has 2 heterocycles. The molecule has 0 spiro atoms. The molecule has 0 aliphatic heterocycles. The Hall–Kier alpha value is -2.75. The number of nitrogens with one attached hydrogen (secondary N) is 1. The van der Waals surface area contributed by atoms with Crippen LogP contribution in [-0.4, -0.2) is 41.1 Å². The number of imidazole rings is 1. The average molecular weight is 530 g/mol.